The smallest absolute Gasteiger partial charge is 0.247 e. The molecule has 1 amide bonds. The van der Waals surface area contributed by atoms with E-state index in [4.69, 9.17) is 14.2 Å². The third-order valence-corrected chi connectivity index (χ3v) is 5.01. The molecule has 0 unspecified atom stereocenters. The molecule has 1 aliphatic heterocycles. The summed E-state index contributed by atoms with van der Waals surface area (Å²) in [6.07, 6.45) is 4.20. The minimum Gasteiger partial charge on any atom is -0.496 e. The second-order valence-electron chi connectivity index (χ2n) is 6.44. The van der Waals surface area contributed by atoms with Crippen molar-refractivity contribution in [2.24, 2.45) is 0 Å². The first-order chi connectivity index (χ1) is 13.1. The average molecular weight is 367 g/mol. The molecule has 0 bridgehead atoms. The Morgan fingerprint density at radius 3 is 2.41 bits per heavy atom. The minimum absolute atomic E-state index is 0.0196. The summed E-state index contributed by atoms with van der Waals surface area (Å²) in [6, 6.07) is 11.6. The van der Waals surface area contributed by atoms with Crippen LogP contribution in [0.1, 0.15) is 29.7 Å². The number of nitrogens with zero attached hydrogens (tertiary/aromatic N) is 1. The Balaban J connectivity index is 1.83. The van der Waals surface area contributed by atoms with Crippen LogP contribution in [0.2, 0.25) is 0 Å². The van der Waals surface area contributed by atoms with Crippen LogP contribution in [0.25, 0.3) is 6.08 Å². The molecule has 0 saturated carbocycles. The Morgan fingerprint density at radius 1 is 1.04 bits per heavy atom. The molecule has 142 valence electrons. The first-order valence-corrected chi connectivity index (χ1v) is 8.95. The van der Waals surface area contributed by atoms with Gasteiger partial charge in [-0.05, 0) is 48.7 Å². The highest BCUT2D eigenvalue weighted by molar-refractivity contribution is 5.92. The number of hydrogen-bond donors (Lipinski definition) is 0. The second kappa shape index (κ2) is 8.16. The predicted molar refractivity (Wildman–Crippen MR) is 105 cm³/mol. The summed E-state index contributed by atoms with van der Waals surface area (Å²) in [5, 5.41) is 0. The molecule has 1 heterocycles. The number of hydrogen-bond acceptors (Lipinski definition) is 4. The summed E-state index contributed by atoms with van der Waals surface area (Å²) in [6.45, 7) is 2.71. The van der Waals surface area contributed by atoms with Gasteiger partial charge in [-0.3, -0.25) is 4.79 Å². The van der Waals surface area contributed by atoms with E-state index in [-0.39, 0.29) is 11.9 Å². The van der Waals surface area contributed by atoms with Gasteiger partial charge in [0.1, 0.15) is 5.75 Å². The number of amides is 1. The molecule has 1 atom stereocenters. The maximum absolute atomic E-state index is 12.8. The monoisotopic (exact) mass is 367 g/mol. The van der Waals surface area contributed by atoms with Crippen molar-refractivity contribution in [1.82, 2.24) is 4.90 Å². The van der Waals surface area contributed by atoms with Crippen LogP contribution in [0.3, 0.4) is 0 Å². The number of methoxy groups -OCH3 is 3. The van der Waals surface area contributed by atoms with Crippen molar-refractivity contribution in [3.63, 3.8) is 0 Å². The van der Waals surface area contributed by atoms with Crippen LogP contribution in [0.4, 0.5) is 0 Å². The molecule has 5 nitrogen and oxygen atoms in total. The molecule has 2 aromatic carbocycles. The van der Waals surface area contributed by atoms with Crippen LogP contribution in [-0.2, 0) is 11.2 Å². The third-order valence-electron chi connectivity index (χ3n) is 5.01. The van der Waals surface area contributed by atoms with Gasteiger partial charge in [0, 0.05) is 18.2 Å². The lowest BCUT2D eigenvalue weighted by molar-refractivity contribution is -0.128. The van der Waals surface area contributed by atoms with E-state index in [1.807, 2.05) is 48.2 Å². The normalized spacial score (nSPS) is 16.1. The number of para-hydroxylation sites is 1. The van der Waals surface area contributed by atoms with Gasteiger partial charge in [-0.15, -0.1) is 0 Å². The molecule has 5 heteroatoms. The van der Waals surface area contributed by atoms with E-state index in [0.29, 0.717) is 12.3 Å². The number of benzene rings is 2. The number of rotatable bonds is 5. The zero-order valence-corrected chi connectivity index (χ0v) is 16.2. The molecule has 0 N–H and O–H groups in total. The zero-order chi connectivity index (χ0) is 19.4. The summed E-state index contributed by atoms with van der Waals surface area (Å²) in [5.74, 6) is 2.13. The van der Waals surface area contributed by atoms with E-state index in [0.717, 1.165) is 29.0 Å². The lowest BCUT2D eigenvalue weighted by atomic mass is 9.92. The van der Waals surface area contributed by atoms with Crippen molar-refractivity contribution in [3.05, 3.63) is 59.2 Å². The van der Waals surface area contributed by atoms with Gasteiger partial charge >= 0.3 is 0 Å². The predicted octanol–water partition coefficient (Wildman–Crippen LogP) is 3.87. The molecule has 2 aromatic rings. The van der Waals surface area contributed by atoms with Gasteiger partial charge in [0.2, 0.25) is 5.91 Å². The summed E-state index contributed by atoms with van der Waals surface area (Å²) >= 11 is 0. The zero-order valence-electron chi connectivity index (χ0n) is 16.2. The van der Waals surface area contributed by atoms with Crippen molar-refractivity contribution in [2.45, 2.75) is 19.4 Å². The molecule has 3 rings (SSSR count). The average Bonchev–Trinajstić information content (AvgIpc) is 2.71. The van der Waals surface area contributed by atoms with Crippen LogP contribution in [0.5, 0.6) is 17.2 Å². The van der Waals surface area contributed by atoms with Gasteiger partial charge in [0.25, 0.3) is 0 Å². The Kier molecular flexibility index (Phi) is 5.69. The molecule has 0 aromatic heterocycles. The number of ether oxygens (including phenoxy) is 3. The van der Waals surface area contributed by atoms with Crippen LogP contribution in [0, 0.1) is 0 Å². The van der Waals surface area contributed by atoms with Gasteiger partial charge in [0.15, 0.2) is 11.5 Å². The summed E-state index contributed by atoms with van der Waals surface area (Å²) in [5.41, 5.74) is 3.17. The molecule has 0 saturated heterocycles. The van der Waals surface area contributed by atoms with Gasteiger partial charge in [0.05, 0.1) is 27.4 Å². The highest BCUT2D eigenvalue weighted by Crippen LogP contribution is 2.38. The Bertz CT molecular complexity index is 859. The molecule has 0 aliphatic carbocycles. The van der Waals surface area contributed by atoms with E-state index >= 15 is 0 Å². The largest absolute Gasteiger partial charge is 0.496 e. The minimum atomic E-state index is -0.0385. The first kappa shape index (κ1) is 18.8. The Hall–Kier alpha value is -2.95. The SMILES string of the molecule is COc1ccccc1/C=C/C(=O)N1CCc2cc(OC)c(OC)cc2[C@@H]1C. The van der Waals surface area contributed by atoms with E-state index < -0.39 is 0 Å². The van der Waals surface area contributed by atoms with Gasteiger partial charge in [-0.2, -0.15) is 0 Å². The molecule has 0 radical (unpaired) electrons. The molecule has 27 heavy (non-hydrogen) atoms. The van der Waals surface area contributed by atoms with Crippen LogP contribution in [-0.4, -0.2) is 38.7 Å². The lowest BCUT2D eigenvalue weighted by Gasteiger charge is -2.35. The quantitative estimate of drug-likeness (QED) is 0.753. The molecular weight excluding hydrogens is 342 g/mol. The summed E-state index contributed by atoms with van der Waals surface area (Å²) in [7, 11) is 4.88. The van der Waals surface area contributed by atoms with Crippen LogP contribution < -0.4 is 14.2 Å². The molecule has 1 aliphatic rings. The number of fused-ring (bicyclic) bond motifs is 1. The topological polar surface area (TPSA) is 48.0 Å². The second-order valence-corrected chi connectivity index (χ2v) is 6.44. The first-order valence-electron chi connectivity index (χ1n) is 8.95. The number of carbonyl (C=O) groups excluding carboxylic acids is 1. The van der Waals surface area contributed by atoms with Gasteiger partial charge < -0.3 is 19.1 Å². The van der Waals surface area contributed by atoms with E-state index in [1.165, 1.54) is 5.56 Å². The fourth-order valence-electron chi connectivity index (χ4n) is 3.51. The highest BCUT2D eigenvalue weighted by atomic mass is 16.5. The van der Waals surface area contributed by atoms with Crippen molar-refractivity contribution in [1.29, 1.82) is 0 Å². The maximum Gasteiger partial charge on any atom is 0.247 e. The maximum atomic E-state index is 12.8. The summed E-state index contributed by atoms with van der Waals surface area (Å²) in [4.78, 5) is 14.7. The van der Waals surface area contributed by atoms with Crippen molar-refractivity contribution in [3.8, 4) is 17.2 Å². The van der Waals surface area contributed by atoms with Crippen molar-refractivity contribution < 1.29 is 19.0 Å². The van der Waals surface area contributed by atoms with E-state index in [1.54, 1.807) is 33.5 Å². The molecule has 0 spiro atoms. The van der Waals surface area contributed by atoms with Gasteiger partial charge in [-0.25, -0.2) is 0 Å². The Labute approximate surface area is 160 Å². The molecule has 0 fully saturated rings. The lowest BCUT2D eigenvalue weighted by Crippen LogP contribution is -2.37. The fraction of sp³-hybridized carbons (Fsp3) is 0.318. The van der Waals surface area contributed by atoms with Gasteiger partial charge in [-0.1, -0.05) is 18.2 Å². The van der Waals surface area contributed by atoms with E-state index in [2.05, 4.69) is 0 Å². The van der Waals surface area contributed by atoms with Crippen LogP contribution in [0.15, 0.2) is 42.5 Å². The summed E-state index contributed by atoms with van der Waals surface area (Å²) < 4.78 is 16.1. The standard InChI is InChI=1S/C22H25NO4/c1-15-18-14-21(27-4)20(26-3)13-17(18)11-12-23(15)22(24)10-9-16-7-5-6-8-19(16)25-2/h5-10,13-15H,11-12H2,1-4H3/b10-9+/t15-/m0/s1. The number of carbonyl (C=O) groups is 1. The Morgan fingerprint density at radius 2 is 1.70 bits per heavy atom. The van der Waals surface area contributed by atoms with Crippen LogP contribution >= 0.6 is 0 Å². The molecular formula is C22H25NO4. The highest BCUT2D eigenvalue weighted by Gasteiger charge is 2.28. The van der Waals surface area contributed by atoms with Crippen molar-refractivity contribution >= 4 is 12.0 Å². The fourth-order valence-corrected chi connectivity index (χ4v) is 3.51. The van der Waals surface area contributed by atoms with Crippen molar-refractivity contribution in [2.75, 3.05) is 27.9 Å². The third kappa shape index (κ3) is 3.77. The van der Waals surface area contributed by atoms with E-state index in [9.17, 15) is 4.79 Å².